The van der Waals surface area contributed by atoms with Crippen LogP contribution in [0.4, 0.5) is 33.7 Å². The second-order valence-electron chi connectivity index (χ2n) is 6.47. The van der Waals surface area contributed by atoms with E-state index in [1.54, 1.807) is 0 Å². The molecule has 11 heteroatoms. The zero-order valence-electron chi connectivity index (χ0n) is 13.8. The average Bonchev–Trinajstić information content (AvgIpc) is 3.02. The number of benzene rings is 1. The van der Waals surface area contributed by atoms with Gasteiger partial charge in [0.1, 0.15) is 5.82 Å². The van der Waals surface area contributed by atoms with Crippen LogP contribution in [-0.2, 0) is 16.0 Å². The van der Waals surface area contributed by atoms with Gasteiger partial charge in [0.05, 0.1) is 17.5 Å². The quantitative estimate of drug-likeness (QED) is 0.677. The maximum Gasteiger partial charge on any atom is 0.394 e. The van der Waals surface area contributed by atoms with E-state index in [9.17, 15) is 31.9 Å². The predicted molar refractivity (Wildman–Crippen MR) is 84.6 cm³/mol. The number of nitrogens with zero attached hydrogens (tertiary/aromatic N) is 1. The molecule has 2 heterocycles. The van der Waals surface area contributed by atoms with Gasteiger partial charge in [0.15, 0.2) is 0 Å². The molecule has 2 aliphatic heterocycles. The maximum atomic E-state index is 14.2. The number of hydrogen-bond donors (Lipinski definition) is 3. The van der Waals surface area contributed by atoms with E-state index in [1.807, 2.05) is 0 Å². The number of rotatable bonds is 2. The number of nitrogens with one attached hydrogen (secondary N) is 2. The highest BCUT2D eigenvalue weighted by Gasteiger charge is 2.53. The monoisotopic (exact) mass is 389 g/mol. The molecule has 0 bridgehead atoms. The third-order valence-electron chi connectivity index (χ3n) is 4.67. The Bertz CT molecular complexity index is 812. The first-order valence-corrected chi connectivity index (χ1v) is 8.04. The molecular weight excluding hydrogens is 374 g/mol. The van der Waals surface area contributed by atoms with Gasteiger partial charge < -0.3 is 20.6 Å². The minimum absolute atomic E-state index is 0.196. The van der Waals surface area contributed by atoms with Gasteiger partial charge in [-0.3, -0.25) is 9.59 Å². The number of likely N-dealkylation sites (tertiary alicyclic amines) is 1. The fourth-order valence-electron chi connectivity index (χ4n) is 3.24. The molecule has 0 spiro atoms. The van der Waals surface area contributed by atoms with E-state index in [4.69, 9.17) is 5.11 Å². The van der Waals surface area contributed by atoms with Gasteiger partial charge in [0, 0.05) is 25.2 Å². The average molecular weight is 389 g/mol. The lowest BCUT2D eigenvalue weighted by Gasteiger charge is -2.21. The Kier molecular flexibility index (Phi) is 4.70. The Morgan fingerprint density at radius 2 is 1.93 bits per heavy atom. The maximum absolute atomic E-state index is 14.2. The van der Waals surface area contributed by atoms with Gasteiger partial charge in [0.25, 0.3) is 0 Å². The van der Waals surface area contributed by atoms with Gasteiger partial charge in [-0.2, -0.15) is 13.2 Å². The van der Waals surface area contributed by atoms with E-state index >= 15 is 0 Å². The number of fused-ring (bicyclic) bond motifs is 1. The van der Waals surface area contributed by atoms with E-state index in [-0.39, 0.29) is 18.0 Å². The van der Waals surface area contributed by atoms with Crippen molar-refractivity contribution in [2.75, 3.05) is 23.7 Å². The molecule has 1 fully saturated rings. The van der Waals surface area contributed by atoms with Crippen molar-refractivity contribution in [1.82, 2.24) is 4.90 Å². The molecule has 7 nitrogen and oxygen atoms in total. The number of carbonyl (C=O) groups is 3. The second kappa shape index (κ2) is 6.71. The number of carboxylic acids is 1. The largest absolute Gasteiger partial charge is 0.481 e. The van der Waals surface area contributed by atoms with E-state index in [1.165, 1.54) is 6.07 Å². The van der Waals surface area contributed by atoms with Crippen LogP contribution < -0.4 is 10.6 Å². The topological polar surface area (TPSA) is 98.7 Å². The summed E-state index contributed by atoms with van der Waals surface area (Å²) < 4.78 is 53.2. The summed E-state index contributed by atoms with van der Waals surface area (Å²) in [5, 5.41) is 13.7. The standard InChI is InChI=1S/C16H15F4N3O4/c17-10-3-7-1-2-13(24)21-11(7)4-12(10)22-15(27)23-5-8(14(25)26)9(6-23)16(18,19)20/h3-4,8-9H,1-2,5-6H2,(H,21,24)(H,22,27)(H,25,26)/t8-,9-/m1/s1. The molecule has 3 amide bonds. The first-order chi connectivity index (χ1) is 12.6. The lowest BCUT2D eigenvalue weighted by atomic mass is 9.96. The van der Waals surface area contributed by atoms with Crippen LogP contribution in [0.2, 0.25) is 0 Å². The Morgan fingerprint density at radius 1 is 1.22 bits per heavy atom. The number of aryl methyl sites for hydroxylation is 1. The Morgan fingerprint density at radius 3 is 2.52 bits per heavy atom. The number of carboxylic acid groups (broad SMARTS) is 1. The number of anilines is 2. The summed E-state index contributed by atoms with van der Waals surface area (Å²) in [6, 6.07) is 1.27. The number of halogens is 4. The second-order valence-corrected chi connectivity index (χ2v) is 6.47. The molecule has 1 aromatic rings. The summed E-state index contributed by atoms with van der Waals surface area (Å²) in [5.41, 5.74) is 0.526. The van der Waals surface area contributed by atoms with Crippen LogP contribution in [0, 0.1) is 17.7 Å². The van der Waals surface area contributed by atoms with Crippen molar-refractivity contribution >= 4 is 29.3 Å². The van der Waals surface area contributed by atoms with E-state index in [0.717, 1.165) is 6.07 Å². The molecule has 0 aliphatic carbocycles. The van der Waals surface area contributed by atoms with Crippen molar-refractivity contribution in [3.05, 3.63) is 23.5 Å². The van der Waals surface area contributed by atoms with E-state index in [0.29, 0.717) is 22.6 Å². The van der Waals surface area contributed by atoms with Crippen LogP contribution in [0.15, 0.2) is 12.1 Å². The summed E-state index contributed by atoms with van der Waals surface area (Å²) in [7, 11) is 0. The van der Waals surface area contributed by atoms with Crippen LogP contribution >= 0.6 is 0 Å². The van der Waals surface area contributed by atoms with Gasteiger partial charge in [-0.15, -0.1) is 0 Å². The third-order valence-corrected chi connectivity index (χ3v) is 4.67. The molecule has 1 saturated heterocycles. The summed E-state index contributed by atoms with van der Waals surface area (Å²) >= 11 is 0. The van der Waals surface area contributed by atoms with Crippen LogP contribution in [0.5, 0.6) is 0 Å². The van der Waals surface area contributed by atoms with Gasteiger partial charge in [-0.05, 0) is 24.1 Å². The highest BCUT2D eigenvalue weighted by molar-refractivity contribution is 5.96. The van der Waals surface area contributed by atoms with Crippen molar-refractivity contribution in [2.45, 2.75) is 19.0 Å². The van der Waals surface area contributed by atoms with Crippen molar-refractivity contribution in [1.29, 1.82) is 0 Å². The van der Waals surface area contributed by atoms with Crippen molar-refractivity contribution in [3.8, 4) is 0 Å². The van der Waals surface area contributed by atoms with Crippen LogP contribution in [0.3, 0.4) is 0 Å². The third kappa shape index (κ3) is 3.81. The first kappa shape index (κ1) is 18.9. The smallest absolute Gasteiger partial charge is 0.394 e. The zero-order valence-corrected chi connectivity index (χ0v) is 13.8. The van der Waals surface area contributed by atoms with Crippen LogP contribution in [0.25, 0.3) is 0 Å². The normalized spacial score (nSPS) is 22.2. The molecule has 3 N–H and O–H groups in total. The fraction of sp³-hybridized carbons (Fsp3) is 0.438. The molecule has 2 aliphatic rings. The summed E-state index contributed by atoms with van der Waals surface area (Å²) in [6.07, 6.45) is -4.26. The highest BCUT2D eigenvalue weighted by Crippen LogP contribution is 2.38. The molecule has 2 atom stereocenters. The van der Waals surface area contributed by atoms with Crippen LogP contribution in [-0.4, -0.2) is 47.2 Å². The van der Waals surface area contributed by atoms with Gasteiger partial charge >= 0.3 is 18.2 Å². The Labute approximate surface area is 150 Å². The highest BCUT2D eigenvalue weighted by atomic mass is 19.4. The summed E-state index contributed by atoms with van der Waals surface area (Å²) in [6.45, 7) is -1.48. The fourth-order valence-corrected chi connectivity index (χ4v) is 3.24. The number of carbonyl (C=O) groups excluding carboxylic acids is 2. The minimum Gasteiger partial charge on any atom is -0.481 e. The number of amides is 3. The van der Waals surface area contributed by atoms with E-state index in [2.05, 4.69) is 10.6 Å². The number of alkyl halides is 3. The Hall–Kier alpha value is -2.85. The minimum atomic E-state index is -4.78. The van der Waals surface area contributed by atoms with E-state index < -0.39 is 48.9 Å². The lowest BCUT2D eigenvalue weighted by molar-refractivity contribution is -0.187. The first-order valence-electron chi connectivity index (χ1n) is 8.04. The number of hydrogen-bond acceptors (Lipinski definition) is 3. The number of urea groups is 1. The molecule has 0 unspecified atom stereocenters. The molecule has 146 valence electrons. The molecule has 3 rings (SSSR count). The van der Waals surface area contributed by atoms with Crippen molar-refractivity contribution in [2.24, 2.45) is 11.8 Å². The number of aliphatic carboxylic acids is 1. The van der Waals surface area contributed by atoms with Crippen molar-refractivity contribution in [3.63, 3.8) is 0 Å². The molecule has 0 radical (unpaired) electrons. The predicted octanol–water partition coefficient (Wildman–Crippen LogP) is 2.44. The van der Waals surface area contributed by atoms with Gasteiger partial charge in [-0.25, -0.2) is 9.18 Å². The van der Waals surface area contributed by atoms with Crippen LogP contribution in [0.1, 0.15) is 12.0 Å². The summed E-state index contributed by atoms with van der Waals surface area (Å²) in [5.74, 6) is -6.73. The lowest BCUT2D eigenvalue weighted by Crippen LogP contribution is -2.35. The van der Waals surface area contributed by atoms with Gasteiger partial charge in [0.2, 0.25) is 5.91 Å². The summed E-state index contributed by atoms with van der Waals surface area (Å²) in [4.78, 5) is 35.4. The van der Waals surface area contributed by atoms with Gasteiger partial charge in [-0.1, -0.05) is 0 Å². The SMILES string of the molecule is O=C1CCc2cc(F)c(NC(=O)N3C[C@@H](C(F)(F)F)[C@H](C(=O)O)C3)cc2N1. The van der Waals surface area contributed by atoms with Crippen molar-refractivity contribution < 1.29 is 37.1 Å². The molecule has 0 saturated carbocycles. The Balaban J connectivity index is 1.77. The molecule has 1 aromatic carbocycles. The zero-order chi connectivity index (χ0) is 19.9. The molecular formula is C16H15F4N3O4. The molecule has 27 heavy (non-hydrogen) atoms. The molecule has 0 aromatic heterocycles.